The van der Waals surface area contributed by atoms with Gasteiger partial charge in [0.2, 0.25) is 11.8 Å². The molecule has 1 aliphatic heterocycles. The molecular formula is C27H23FN6O2. The maximum atomic E-state index is 14.2. The minimum atomic E-state index is -0.358. The van der Waals surface area contributed by atoms with Crippen molar-refractivity contribution >= 4 is 23.6 Å². The van der Waals surface area contributed by atoms with Crippen LogP contribution in [0.15, 0.2) is 24.5 Å². The van der Waals surface area contributed by atoms with Gasteiger partial charge < -0.3 is 15.0 Å². The molecule has 0 unspecified atom stereocenters. The SMILES string of the molecule is Cc1cc(/C=C/C#N)cc(C)c1Oc1nc(NC23CC(C#N)(C2)C3)nc2c1/C(=C/F)N(C1CC1)C2=O. The standard InChI is InChI=1S/C27H23FN6O2/c1-15-8-17(4-3-7-29)9-16(2)22(15)36-23-20-19(10-28)34(18-5-6-18)24(35)21(20)31-25(32-23)33-27-11-26(12-27,13-27)14-30/h3-4,8-10,18H,5-6,11-13H2,1-2H3,(H,31,32,33)/b4-3+,19-10-. The molecule has 0 saturated heterocycles. The predicted molar refractivity (Wildman–Crippen MR) is 129 cm³/mol. The number of ether oxygens (including phenoxy) is 1. The Hall–Kier alpha value is -4.24. The number of nitriles is 2. The molecule has 4 aliphatic carbocycles. The van der Waals surface area contributed by atoms with Crippen LogP contribution in [0.4, 0.5) is 10.3 Å². The number of hydrogen-bond acceptors (Lipinski definition) is 7. The first-order valence-electron chi connectivity index (χ1n) is 11.9. The molecule has 1 amide bonds. The molecule has 2 bridgehead atoms. The van der Waals surface area contributed by atoms with Crippen LogP contribution in [0.1, 0.15) is 64.8 Å². The highest BCUT2D eigenvalue weighted by molar-refractivity contribution is 6.09. The Labute approximate surface area is 207 Å². The number of fused-ring (bicyclic) bond motifs is 1. The summed E-state index contributed by atoms with van der Waals surface area (Å²) in [5.41, 5.74) is 2.43. The number of carbonyl (C=O) groups excluding carboxylic acids is 1. The Morgan fingerprint density at radius 2 is 1.89 bits per heavy atom. The van der Waals surface area contributed by atoms with Crippen LogP contribution in [0.3, 0.4) is 0 Å². The monoisotopic (exact) mass is 482 g/mol. The van der Waals surface area contributed by atoms with E-state index < -0.39 is 0 Å². The maximum Gasteiger partial charge on any atom is 0.278 e. The molecule has 8 nitrogen and oxygen atoms in total. The van der Waals surface area contributed by atoms with E-state index in [1.54, 1.807) is 6.08 Å². The van der Waals surface area contributed by atoms with Crippen molar-refractivity contribution in [1.29, 1.82) is 10.5 Å². The maximum absolute atomic E-state index is 14.2. The van der Waals surface area contributed by atoms with E-state index in [-0.39, 0.29) is 51.7 Å². The van der Waals surface area contributed by atoms with Gasteiger partial charge in [-0.2, -0.15) is 15.5 Å². The van der Waals surface area contributed by atoms with Gasteiger partial charge in [-0.1, -0.05) is 0 Å². The van der Waals surface area contributed by atoms with Crippen molar-refractivity contribution in [1.82, 2.24) is 14.9 Å². The normalized spacial score (nSPS) is 26.8. The van der Waals surface area contributed by atoms with Crippen LogP contribution in [0.5, 0.6) is 11.6 Å². The quantitative estimate of drug-likeness (QED) is 0.565. The molecule has 7 rings (SSSR count). The molecule has 1 aromatic heterocycles. The van der Waals surface area contributed by atoms with Crippen molar-refractivity contribution in [2.45, 2.75) is 57.5 Å². The minimum absolute atomic E-state index is 0.0549. The van der Waals surface area contributed by atoms with Crippen molar-refractivity contribution in [3.05, 3.63) is 52.5 Å². The Bertz CT molecular complexity index is 1430. The van der Waals surface area contributed by atoms with Crippen molar-refractivity contribution in [3.8, 4) is 23.8 Å². The van der Waals surface area contributed by atoms with Crippen LogP contribution >= 0.6 is 0 Å². The fourth-order valence-electron chi connectivity index (χ4n) is 5.85. The topological polar surface area (TPSA) is 115 Å². The third kappa shape index (κ3) is 3.27. The predicted octanol–water partition coefficient (Wildman–Crippen LogP) is 5.17. The number of rotatable bonds is 6. The molecule has 5 aliphatic rings. The van der Waals surface area contributed by atoms with Crippen molar-refractivity contribution in [3.63, 3.8) is 0 Å². The van der Waals surface area contributed by atoms with E-state index in [9.17, 15) is 14.4 Å². The van der Waals surface area contributed by atoms with Gasteiger partial charge in [0, 0.05) is 17.7 Å². The van der Waals surface area contributed by atoms with Gasteiger partial charge in [-0.05, 0) is 80.9 Å². The number of aryl methyl sites for hydroxylation is 2. The van der Waals surface area contributed by atoms with Gasteiger partial charge >= 0.3 is 0 Å². The lowest BCUT2D eigenvalue weighted by Crippen LogP contribution is -2.70. The van der Waals surface area contributed by atoms with Gasteiger partial charge in [0.1, 0.15) is 17.8 Å². The number of allylic oxidation sites excluding steroid dienone is 1. The Balaban J connectivity index is 1.41. The molecular weight excluding hydrogens is 459 g/mol. The molecule has 0 spiro atoms. The van der Waals surface area contributed by atoms with E-state index in [4.69, 9.17) is 10.00 Å². The Kier molecular flexibility index (Phi) is 4.71. The number of anilines is 1. The molecule has 2 aromatic rings. The first kappa shape index (κ1) is 22.2. The van der Waals surface area contributed by atoms with Gasteiger partial charge in [0.05, 0.1) is 28.8 Å². The number of nitrogens with zero attached hydrogens (tertiary/aromatic N) is 5. The van der Waals surface area contributed by atoms with Gasteiger partial charge in [0.25, 0.3) is 5.91 Å². The zero-order valence-electron chi connectivity index (χ0n) is 19.9. The van der Waals surface area contributed by atoms with Gasteiger partial charge in [-0.15, -0.1) is 0 Å². The number of carbonyl (C=O) groups is 1. The third-order valence-electron chi connectivity index (χ3n) is 7.50. The van der Waals surface area contributed by atoms with E-state index in [0.29, 0.717) is 31.3 Å². The number of aromatic nitrogens is 2. The second kappa shape index (κ2) is 7.63. The number of halogens is 1. The number of benzene rings is 1. The molecule has 4 saturated carbocycles. The van der Waals surface area contributed by atoms with E-state index in [0.717, 1.165) is 29.5 Å². The Morgan fingerprint density at radius 1 is 1.19 bits per heavy atom. The lowest BCUT2D eigenvalue weighted by molar-refractivity contribution is -0.0665. The van der Waals surface area contributed by atoms with Crippen LogP contribution in [0.25, 0.3) is 11.8 Å². The molecule has 2 heterocycles. The highest BCUT2D eigenvalue weighted by atomic mass is 19.1. The van der Waals surface area contributed by atoms with Gasteiger partial charge in [-0.3, -0.25) is 4.79 Å². The molecule has 0 radical (unpaired) electrons. The first-order valence-corrected chi connectivity index (χ1v) is 11.9. The first-order chi connectivity index (χ1) is 17.3. The van der Waals surface area contributed by atoms with Gasteiger partial charge in [0.15, 0.2) is 0 Å². The highest BCUT2D eigenvalue weighted by Gasteiger charge is 2.69. The van der Waals surface area contributed by atoms with Gasteiger partial charge in [-0.25, -0.2) is 9.37 Å². The zero-order valence-corrected chi connectivity index (χ0v) is 19.9. The fourth-order valence-corrected chi connectivity index (χ4v) is 5.85. The minimum Gasteiger partial charge on any atom is -0.438 e. The summed E-state index contributed by atoms with van der Waals surface area (Å²) in [4.78, 5) is 23.9. The summed E-state index contributed by atoms with van der Waals surface area (Å²) in [5, 5.41) is 21.5. The number of hydrogen-bond donors (Lipinski definition) is 1. The van der Waals surface area contributed by atoms with E-state index >= 15 is 0 Å². The van der Waals surface area contributed by atoms with Crippen LogP contribution in [-0.2, 0) is 0 Å². The molecule has 0 atom stereocenters. The highest BCUT2D eigenvalue weighted by Crippen LogP contribution is 2.67. The van der Waals surface area contributed by atoms with E-state index in [1.807, 2.05) is 32.0 Å². The smallest absolute Gasteiger partial charge is 0.278 e. The van der Waals surface area contributed by atoms with Crippen molar-refractivity contribution in [2.75, 3.05) is 5.32 Å². The zero-order chi connectivity index (χ0) is 25.2. The summed E-state index contributed by atoms with van der Waals surface area (Å²) in [7, 11) is 0. The summed E-state index contributed by atoms with van der Waals surface area (Å²) in [6.07, 6.45) is 7.28. The largest absolute Gasteiger partial charge is 0.438 e. The molecule has 180 valence electrons. The lowest BCUT2D eigenvalue weighted by Gasteiger charge is -2.66. The summed E-state index contributed by atoms with van der Waals surface area (Å²) in [5.74, 6) is 0.530. The summed E-state index contributed by atoms with van der Waals surface area (Å²) < 4.78 is 20.5. The molecule has 1 aromatic carbocycles. The Morgan fingerprint density at radius 3 is 2.47 bits per heavy atom. The second-order valence-corrected chi connectivity index (χ2v) is 10.4. The average Bonchev–Trinajstić information content (AvgIpc) is 3.60. The summed E-state index contributed by atoms with van der Waals surface area (Å²) in [6.45, 7) is 3.76. The van der Waals surface area contributed by atoms with Crippen LogP contribution in [0, 0.1) is 41.9 Å². The average molecular weight is 483 g/mol. The fraction of sp³-hybridized carbons (Fsp3) is 0.370. The van der Waals surface area contributed by atoms with Crippen molar-refractivity contribution in [2.24, 2.45) is 5.41 Å². The molecule has 4 fully saturated rings. The van der Waals surface area contributed by atoms with Crippen LogP contribution < -0.4 is 10.1 Å². The lowest BCUT2D eigenvalue weighted by atomic mass is 9.40. The third-order valence-corrected chi connectivity index (χ3v) is 7.50. The summed E-state index contributed by atoms with van der Waals surface area (Å²) in [6, 6.07) is 8.07. The molecule has 9 heteroatoms. The van der Waals surface area contributed by atoms with Crippen molar-refractivity contribution < 1.29 is 13.9 Å². The van der Waals surface area contributed by atoms with E-state index in [2.05, 4.69) is 21.4 Å². The number of nitrogens with one attached hydrogen (secondary N) is 1. The van der Waals surface area contributed by atoms with Crippen LogP contribution in [-0.4, -0.2) is 32.4 Å². The molecule has 36 heavy (non-hydrogen) atoms. The summed E-state index contributed by atoms with van der Waals surface area (Å²) >= 11 is 0. The van der Waals surface area contributed by atoms with Crippen LogP contribution in [0.2, 0.25) is 0 Å². The number of amides is 1. The van der Waals surface area contributed by atoms with E-state index in [1.165, 1.54) is 11.0 Å². The second-order valence-electron chi connectivity index (χ2n) is 10.4. The molecule has 1 N–H and O–H groups in total.